The van der Waals surface area contributed by atoms with E-state index in [1.54, 1.807) is 7.11 Å². The van der Waals surface area contributed by atoms with E-state index in [1.807, 2.05) is 27.7 Å². The van der Waals surface area contributed by atoms with E-state index in [1.165, 1.54) is 0 Å². The van der Waals surface area contributed by atoms with Gasteiger partial charge in [-0.05, 0) is 27.7 Å². The van der Waals surface area contributed by atoms with Crippen LogP contribution in [0.4, 0.5) is 0 Å². The lowest BCUT2D eigenvalue weighted by Crippen LogP contribution is -2.40. The third kappa shape index (κ3) is 3.87. The third-order valence-corrected chi connectivity index (χ3v) is 3.10. The SMILES string of the molecule is COCOC[C@H]1OC(C)(C)O[C@@H]1[C@H]1COC(C)(C)O1. The monoisotopic (exact) mass is 276 g/mol. The average Bonchev–Trinajstić information content (AvgIpc) is 2.79. The van der Waals surface area contributed by atoms with E-state index >= 15 is 0 Å². The fourth-order valence-electron chi connectivity index (χ4n) is 2.43. The minimum Gasteiger partial charge on any atom is -0.359 e. The van der Waals surface area contributed by atoms with Crippen LogP contribution in [0.15, 0.2) is 0 Å². The molecule has 112 valence electrons. The van der Waals surface area contributed by atoms with Crippen molar-refractivity contribution in [2.24, 2.45) is 0 Å². The van der Waals surface area contributed by atoms with Crippen molar-refractivity contribution in [3.8, 4) is 0 Å². The van der Waals surface area contributed by atoms with Crippen molar-refractivity contribution in [2.45, 2.75) is 57.6 Å². The molecular formula is C13H24O6. The Kier molecular flexibility index (Phi) is 4.49. The Bertz CT molecular complexity index is 304. The standard InChI is InChI=1S/C13H24O6/c1-12(2)16-7-10(17-12)11-9(6-15-8-14-5)18-13(3,4)19-11/h9-11H,6-8H2,1-5H3/t9-,10-,11+/m1/s1. The lowest BCUT2D eigenvalue weighted by molar-refractivity contribution is -0.175. The maximum Gasteiger partial charge on any atom is 0.164 e. The van der Waals surface area contributed by atoms with Crippen LogP contribution in [0.2, 0.25) is 0 Å². The maximum atomic E-state index is 5.92. The topological polar surface area (TPSA) is 55.4 Å². The highest BCUT2D eigenvalue weighted by atomic mass is 16.8. The van der Waals surface area contributed by atoms with Gasteiger partial charge in [0, 0.05) is 7.11 Å². The molecule has 0 N–H and O–H groups in total. The fraction of sp³-hybridized carbons (Fsp3) is 1.00. The molecule has 6 nitrogen and oxygen atoms in total. The molecule has 0 aromatic rings. The van der Waals surface area contributed by atoms with Crippen LogP contribution in [0.3, 0.4) is 0 Å². The molecule has 0 spiro atoms. The van der Waals surface area contributed by atoms with Crippen molar-refractivity contribution < 1.29 is 28.4 Å². The van der Waals surface area contributed by atoms with E-state index in [9.17, 15) is 0 Å². The third-order valence-electron chi connectivity index (χ3n) is 3.10. The Morgan fingerprint density at radius 1 is 1.05 bits per heavy atom. The molecule has 2 aliphatic rings. The first-order valence-electron chi connectivity index (χ1n) is 6.57. The van der Waals surface area contributed by atoms with Gasteiger partial charge in [-0.2, -0.15) is 0 Å². The van der Waals surface area contributed by atoms with Gasteiger partial charge in [0.2, 0.25) is 0 Å². The van der Waals surface area contributed by atoms with Crippen molar-refractivity contribution in [2.75, 3.05) is 27.1 Å². The van der Waals surface area contributed by atoms with Crippen LogP contribution in [0.1, 0.15) is 27.7 Å². The Morgan fingerprint density at radius 3 is 2.37 bits per heavy atom. The van der Waals surface area contributed by atoms with Gasteiger partial charge in [-0.3, -0.25) is 0 Å². The van der Waals surface area contributed by atoms with Gasteiger partial charge in [0.25, 0.3) is 0 Å². The molecule has 0 saturated carbocycles. The summed E-state index contributed by atoms with van der Waals surface area (Å²) >= 11 is 0. The summed E-state index contributed by atoms with van der Waals surface area (Å²) in [5.41, 5.74) is 0. The second kappa shape index (κ2) is 5.63. The minimum absolute atomic E-state index is 0.145. The minimum atomic E-state index is -0.637. The lowest BCUT2D eigenvalue weighted by Gasteiger charge is -2.23. The molecule has 0 amide bonds. The van der Waals surface area contributed by atoms with E-state index in [-0.39, 0.29) is 25.1 Å². The number of hydrogen-bond acceptors (Lipinski definition) is 6. The zero-order chi connectivity index (χ0) is 14.1. The number of rotatable bonds is 5. The van der Waals surface area contributed by atoms with Crippen molar-refractivity contribution in [1.29, 1.82) is 0 Å². The Labute approximate surface area is 114 Å². The second-order valence-electron chi connectivity index (χ2n) is 5.78. The van der Waals surface area contributed by atoms with Gasteiger partial charge in [0.1, 0.15) is 25.1 Å². The molecule has 2 aliphatic heterocycles. The summed E-state index contributed by atoms with van der Waals surface area (Å²) in [5, 5.41) is 0. The first kappa shape index (κ1) is 15.2. The molecule has 0 aromatic heterocycles. The molecule has 2 saturated heterocycles. The highest BCUT2D eigenvalue weighted by molar-refractivity contribution is 4.90. The molecule has 0 bridgehead atoms. The van der Waals surface area contributed by atoms with Gasteiger partial charge in [0.15, 0.2) is 11.6 Å². The van der Waals surface area contributed by atoms with Crippen LogP contribution < -0.4 is 0 Å². The fourth-order valence-corrected chi connectivity index (χ4v) is 2.43. The first-order chi connectivity index (χ1) is 8.83. The molecule has 2 heterocycles. The molecule has 2 fully saturated rings. The van der Waals surface area contributed by atoms with Crippen molar-refractivity contribution >= 4 is 0 Å². The van der Waals surface area contributed by atoms with Gasteiger partial charge in [-0.15, -0.1) is 0 Å². The zero-order valence-electron chi connectivity index (χ0n) is 12.3. The van der Waals surface area contributed by atoms with Crippen LogP contribution >= 0.6 is 0 Å². The number of methoxy groups -OCH3 is 1. The normalized spacial score (nSPS) is 36.8. The molecule has 0 aliphatic carbocycles. The molecule has 6 heteroatoms. The Balaban J connectivity index is 1.96. The molecule has 0 radical (unpaired) electrons. The van der Waals surface area contributed by atoms with Gasteiger partial charge in [-0.25, -0.2) is 0 Å². The lowest BCUT2D eigenvalue weighted by atomic mass is 10.1. The van der Waals surface area contributed by atoms with Crippen molar-refractivity contribution in [3.63, 3.8) is 0 Å². The molecule has 2 rings (SSSR count). The van der Waals surface area contributed by atoms with Gasteiger partial charge in [0.05, 0.1) is 13.2 Å². The predicted octanol–water partition coefficient (Wildman–Crippen LogP) is 1.28. The zero-order valence-corrected chi connectivity index (χ0v) is 12.3. The summed E-state index contributed by atoms with van der Waals surface area (Å²) < 4.78 is 33.5. The molecule has 0 aromatic carbocycles. The summed E-state index contributed by atoms with van der Waals surface area (Å²) in [6.07, 6.45) is -0.533. The predicted molar refractivity (Wildman–Crippen MR) is 66.6 cm³/mol. The number of ether oxygens (including phenoxy) is 6. The Morgan fingerprint density at radius 2 is 1.79 bits per heavy atom. The first-order valence-corrected chi connectivity index (χ1v) is 6.57. The van der Waals surface area contributed by atoms with Crippen LogP contribution in [0.5, 0.6) is 0 Å². The van der Waals surface area contributed by atoms with E-state index in [4.69, 9.17) is 28.4 Å². The smallest absolute Gasteiger partial charge is 0.164 e. The summed E-state index contributed by atoms with van der Waals surface area (Å²) in [5.74, 6) is -1.21. The highest BCUT2D eigenvalue weighted by Gasteiger charge is 2.49. The summed E-state index contributed by atoms with van der Waals surface area (Å²) in [6, 6.07) is 0. The van der Waals surface area contributed by atoms with E-state index in [2.05, 4.69) is 0 Å². The van der Waals surface area contributed by atoms with Crippen LogP contribution in [0.25, 0.3) is 0 Å². The second-order valence-corrected chi connectivity index (χ2v) is 5.78. The van der Waals surface area contributed by atoms with Gasteiger partial charge < -0.3 is 28.4 Å². The summed E-state index contributed by atoms with van der Waals surface area (Å²) in [6.45, 7) is 8.70. The van der Waals surface area contributed by atoms with E-state index < -0.39 is 11.6 Å². The van der Waals surface area contributed by atoms with Crippen LogP contribution in [-0.4, -0.2) is 57.0 Å². The van der Waals surface area contributed by atoms with Crippen LogP contribution in [0, 0.1) is 0 Å². The number of hydrogen-bond donors (Lipinski definition) is 0. The van der Waals surface area contributed by atoms with Gasteiger partial charge in [-0.1, -0.05) is 0 Å². The molecular weight excluding hydrogens is 252 g/mol. The van der Waals surface area contributed by atoms with Gasteiger partial charge >= 0.3 is 0 Å². The molecule has 19 heavy (non-hydrogen) atoms. The van der Waals surface area contributed by atoms with E-state index in [0.29, 0.717) is 13.2 Å². The highest BCUT2D eigenvalue weighted by Crippen LogP contribution is 2.35. The average molecular weight is 276 g/mol. The maximum absolute atomic E-state index is 5.92. The van der Waals surface area contributed by atoms with Crippen molar-refractivity contribution in [1.82, 2.24) is 0 Å². The largest absolute Gasteiger partial charge is 0.359 e. The summed E-state index contributed by atoms with van der Waals surface area (Å²) in [4.78, 5) is 0. The molecule has 3 atom stereocenters. The quantitative estimate of drug-likeness (QED) is 0.557. The van der Waals surface area contributed by atoms with E-state index in [0.717, 1.165) is 0 Å². The van der Waals surface area contributed by atoms with Crippen LogP contribution in [-0.2, 0) is 28.4 Å². The Hall–Kier alpha value is -0.240. The van der Waals surface area contributed by atoms with Crippen molar-refractivity contribution in [3.05, 3.63) is 0 Å². The molecule has 0 unspecified atom stereocenters. The summed E-state index contributed by atoms with van der Waals surface area (Å²) in [7, 11) is 1.59.